The number of carbonyl (C=O) groups is 3. The quantitative estimate of drug-likeness (QED) is 0.552. The maximum absolute atomic E-state index is 12.5. The number of methoxy groups -OCH3 is 1. The molecule has 0 spiro atoms. The second-order valence-corrected chi connectivity index (χ2v) is 6.42. The standard InChI is InChI=1S/C21H25NO6/c1-6-27-21(25)19-13(3)20(22-14(19)4)16(23)11-28-18(24)10-15-9-12(2)7-8-17(15)26-5/h7-9,22H,6,10-11H2,1-5H3. The smallest absolute Gasteiger partial charge is 0.340 e. The fraction of sp³-hybridized carbons (Fsp3) is 0.381. The van der Waals surface area contributed by atoms with Crippen molar-refractivity contribution in [2.24, 2.45) is 0 Å². The lowest BCUT2D eigenvalue weighted by atomic mass is 10.1. The van der Waals surface area contributed by atoms with E-state index in [9.17, 15) is 14.4 Å². The summed E-state index contributed by atoms with van der Waals surface area (Å²) < 4.78 is 15.4. The predicted octanol–water partition coefficient (Wildman–Crippen LogP) is 3.09. The molecule has 0 saturated heterocycles. The molecule has 0 unspecified atom stereocenters. The Labute approximate surface area is 164 Å². The first-order valence-corrected chi connectivity index (χ1v) is 8.97. The summed E-state index contributed by atoms with van der Waals surface area (Å²) in [6, 6.07) is 5.51. The minimum absolute atomic E-state index is 0.00501. The summed E-state index contributed by atoms with van der Waals surface area (Å²) in [5.74, 6) is -0.857. The van der Waals surface area contributed by atoms with Gasteiger partial charge in [-0.1, -0.05) is 17.7 Å². The number of hydrogen-bond acceptors (Lipinski definition) is 6. The highest BCUT2D eigenvalue weighted by Gasteiger charge is 2.23. The van der Waals surface area contributed by atoms with E-state index in [1.807, 2.05) is 19.1 Å². The van der Waals surface area contributed by atoms with Crippen LogP contribution in [0, 0.1) is 20.8 Å². The van der Waals surface area contributed by atoms with Crippen molar-refractivity contribution in [3.8, 4) is 5.75 Å². The molecule has 0 bridgehead atoms. The molecular formula is C21H25NO6. The van der Waals surface area contributed by atoms with E-state index in [1.165, 1.54) is 7.11 Å². The van der Waals surface area contributed by atoms with Crippen molar-refractivity contribution in [2.75, 3.05) is 20.3 Å². The number of ketones is 1. The lowest BCUT2D eigenvalue weighted by molar-refractivity contribution is -0.141. The highest BCUT2D eigenvalue weighted by molar-refractivity contribution is 6.02. The van der Waals surface area contributed by atoms with Gasteiger partial charge in [-0.05, 0) is 39.3 Å². The van der Waals surface area contributed by atoms with Gasteiger partial charge in [0.05, 0.1) is 31.4 Å². The zero-order valence-corrected chi connectivity index (χ0v) is 16.8. The summed E-state index contributed by atoms with van der Waals surface area (Å²) in [7, 11) is 1.53. The number of benzene rings is 1. The third-order valence-electron chi connectivity index (χ3n) is 4.33. The molecule has 0 radical (unpaired) electrons. The molecule has 2 aromatic rings. The van der Waals surface area contributed by atoms with E-state index in [2.05, 4.69) is 4.98 Å². The maximum atomic E-state index is 12.5. The number of esters is 2. The molecule has 0 aliphatic rings. The molecule has 1 aromatic carbocycles. The Morgan fingerprint density at radius 3 is 2.43 bits per heavy atom. The minimum atomic E-state index is -0.538. The van der Waals surface area contributed by atoms with Gasteiger partial charge in [0.15, 0.2) is 6.61 Å². The average Bonchev–Trinajstić information content (AvgIpc) is 2.94. The molecule has 1 N–H and O–H groups in total. The first-order valence-electron chi connectivity index (χ1n) is 8.97. The second kappa shape index (κ2) is 9.21. The van der Waals surface area contributed by atoms with Crippen LogP contribution in [-0.4, -0.2) is 43.0 Å². The Kier molecular flexibility index (Phi) is 6.98. The second-order valence-electron chi connectivity index (χ2n) is 6.42. The molecular weight excluding hydrogens is 362 g/mol. The van der Waals surface area contributed by atoms with Crippen LogP contribution in [0.15, 0.2) is 18.2 Å². The molecule has 0 saturated carbocycles. The van der Waals surface area contributed by atoms with Crippen molar-refractivity contribution in [2.45, 2.75) is 34.1 Å². The van der Waals surface area contributed by atoms with Gasteiger partial charge in [-0.2, -0.15) is 0 Å². The number of hydrogen-bond donors (Lipinski definition) is 1. The van der Waals surface area contributed by atoms with E-state index < -0.39 is 24.3 Å². The van der Waals surface area contributed by atoms with Crippen molar-refractivity contribution >= 4 is 17.7 Å². The van der Waals surface area contributed by atoms with Gasteiger partial charge >= 0.3 is 11.9 Å². The van der Waals surface area contributed by atoms with Crippen molar-refractivity contribution in [3.63, 3.8) is 0 Å². The van der Waals surface area contributed by atoms with Gasteiger partial charge in [-0.3, -0.25) is 9.59 Å². The third-order valence-corrected chi connectivity index (χ3v) is 4.33. The van der Waals surface area contributed by atoms with Crippen molar-refractivity contribution in [3.05, 3.63) is 51.8 Å². The Morgan fingerprint density at radius 1 is 1.07 bits per heavy atom. The van der Waals surface area contributed by atoms with E-state index in [4.69, 9.17) is 14.2 Å². The zero-order valence-electron chi connectivity index (χ0n) is 16.8. The van der Waals surface area contributed by atoms with Crippen LogP contribution in [0.5, 0.6) is 5.75 Å². The molecule has 7 heteroatoms. The van der Waals surface area contributed by atoms with E-state index in [-0.39, 0.29) is 18.7 Å². The average molecular weight is 387 g/mol. The number of rotatable bonds is 8. The Bertz CT molecular complexity index is 897. The van der Waals surface area contributed by atoms with Gasteiger partial charge in [0.1, 0.15) is 5.75 Å². The van der Waals surface area contributed by atoms with Crippen LogP contribution in [0.2, 0.25) is 0 Å². The molecule has 0 atom stereocenters. The van der Waals surface area contributed by atoms with Crippen LogP contribution in [0.1, 0.15) is 50.2 Å². The van der Waals surface area contributed by atoms with Crippen molar-refractivity contribution in [1.29, 1.82) is 0 Å². The highest BCUT2D eigenvalue weighted by Crippen LogP contribution is 2.21. The van der Waals surface area contributed by atoms with E-state index in [1.54, 1.807) is 26.8 Å². The molecule has 7 nitrogen and oxygen atoms in total. The molecule has 1 aromatic heterocycles. The zero-order chi connectivity index (χ0) is 20.8. The van der Waals surface area contributed by atoms with Crippen LogP contribution >= 0.6 is 0 Å². The van der Waals surface area contributed by atoms with Gasteiger partial charge in [0.25, 0.3) is 0 Å². The van der Waals surface area contributed by atoms with Crippen molar-refractivity contribution in [1.82, 2.24) is 4.98 Å². The summed E-state index contributed by atoms with van der Waals surface area (Å²) in [5.41, 5.74) is 3.27. The monoisotopic (exact) mass is 387 g/mol. The van der Waals surface area contributed by atoms with Gasteiger partial charge in [0, 0.05) is 11.3 Å². The Hall–Kier alpha value is -3.09. The summed E-state index contributed by atoms with van der Waals surface area (Å²) in [5, 5.41) is 0. The SMILES string of the molecule is CCOC(=O)c1c(C)[nH]c(C(=O)COC(=O)Cc2cc(C)ccc2OC)c1C. The summed E-state index contributed by atoms with van der Waals surface area (Å²) >= 11 is 0. The normalized spacial score (nSPS) is 10.5. The van der Waals surface area contributed by atoms with Gasteiger partial charge in [0.2, 0.25) is 5.78 Å². The molecule has 150 valence electrons. The van der Waals surface area contributed by atoms with Crippen molar-refractivity contribution < 1.29 is 28.6 Å². The number of ether oxygens (including phenoxy) is 3. The Balaban J connectivity index is 2.05. The van der Waals surface area contributed by atoms with Crippen LogP contribution in [0.3, 0.4) is 0 Å². The fourth-order valence-electron chi connectivity index (χ4n) is 3.01. The molecule has 1 heterocycles. The molecule has 0 aliphatic heterocycles. The summed E-state index contributed by atoms with van der Waals surface area (Å²) in [6.07, 6.45) is -0.00501. The molecule has 0 amide bonds. The number of Topliss-reactive ketones (excluding diaryl/α,β-unsaturated/α-hetero) is 1. The predicted molar refractivity (Wildman–Crippen MR) is 103 cm³/mol. The molecule has 0 fully saturated rings. The number of aryl methyl sites for hydroxylation is 2. The summed E-state index contributed by atoms with van der Waals surface area (Å²) in [6.45, 7) is 6.79. The molecule has 2 rings (SSSR count). The number of aromatic amines is 1. The van der Waals surface area contributed by atoms with Crippen LogP contribution < -0.4 is 4.74 Å². The van der Waals surface area contributed by atoms with E-state index >= 15 is 0 Å². The van der Waals surface area contributed by atoms with Crippen LogP contribution in [0.4, 0.5) is 0 Å². The number of carbonyl (C=O) groups excluding carboxylic acids is 3. The van der Waals surface area contributed by atoms with Crippen LogP contribution in [-0.2, 0) is 20.7 Å². The minimum Gasteiger partial charge on any atom is -0.496 e. The van der Waals surface area contributed by atoms with Gasteiger partial charge in [-0.15, -0.1) is 0 Å². The first kappa shape index (κ1) is 21.2. The fourth-order valence-corrected chi connectivity index (χ4v) is 3.01. The van der Waals surface area contributed by atoms with Crippen LogP contribution in [0.25, 0.3) is 0 Å². The van der Waals surface area contributed by atoms with E-state index in [0.717, 1.165) is 5.56 Å². The lowest BCUT2D eigenvalue weighted by Gasteiger charge is -2.09. The largest absolute Gasteiger partial charge is 0.496 e. The third kappa shape index (κ3) is 4.79. The molecule has 28 heavy (non-hydrogen) atoms. The lowest BCUT2D eigenvalue weighted by Crippen LogP contribution is -2.17. The van der Waals surface area contributed by atoms with E-state index in [0.29, 0.717) is 28.1 Å². The number of H-pyrrole nitrogens is 1. The van der Waals surface area contributed by atoms with Gasteiger partial charge < -0.3 is 19.2 Å². The highest BCUT2D eigenvalue weighted by atomic mass is 16.5. The Morgan fingerprint density at radius 2 is 1.79 bits per heavy atom. The topological polar surface area (TPSA) is 94.7 Å². The number of aromatic nitrogens is 1. The summed E-state index contributed by atoms with van der Waals surface area (Å²) in [4.78, 5) is 39.5. The maximum Gasteiger partial charge on any atom is 0.340 e. The number of nitrogens with one attached hydrogen (secondary N) is 1. The first-order chi connectivity index (χ1) is 13.3. The van der Waals surface area contributed by atoms with Gasteiger partial charge in [-0.25, -0.2) is 4.79 Å². The molecule has 0 aliphatic carbocycles.